The average molecular weight is 378 g/mol. The van der Waals surface area contributed by atoms with Gasteiger partial charge in [-0.1, -0.05) is 30.3 Å². The Labute approximate surface area is 162 Å². The number of urea groups is 1. The molecule has 2 aromatic carbocycles. The Morgan fingerprint density at radius 1 is 1.18 bits per heavy atom. The third-order valence-electron chi connectivity index (χ3n) is 4.51. The molecule has 0 unspecified atom stereocenters. The lowest BCUT2D eigenvalue weighted by molar-refractivity contribution is 0.248. The molecular weight excluding hydrogens is 356 g/mol. The van der Waals surface area contributed by atoms with Crippen LogP contribution in [0, 0.1) is 0 Å². The van der Waals surface area contributed by atoms with E-state index in [1.165, 1.54) is 0 Å². The van der Waals surface area contributed by atoms with Crippen molar-refractivity contribution in [2.24, 2.45) is 0 Å². The molecule has 1 aliphatic rings. The van der Waals surface area contributed by atoms with Gasteiger partial charge in [-0.25, -0.2) is 9.48 Å². The zero-order valence-electron chi connectivity index (χ0n) is 15.6. The molecule has 0 saturated heterocycles. The highest BCUT2D eigenvalue weighted by Crippen LogP contribution is 2.35. The van der Waals surface area contributed by atoms with Crippen molar-refractivity contribution in [3.8, 4) is 5.75 Å². The number of tetrazole rings is 1. The maximum absolute atomic E-state index is 12.3. The number of aromatic nitrogens is 4. The number of rotatable bonds is 7. The second-order valence-electron chi connectivity index (χ2n) is 6.83. The quantitative estimate of drug-likeness (QED) is 0.656. The number of carbonyl (C=O) groups is 1. The summed E-state index contributed by atoms with van der Waals surface area (Å²) in [5.74, 6) is 1.41. The van der Waals surface area contributed by atoms with Gasteiger partial charge in [0.15, 0.2) is 5.82 Å². The van der Waals surface area contributed by atoms with Crippen LogP contribution in [-0.4, -0.2) is 26.2 Å². The fourth-order valence-electron chi connectivity index (χ4n) is 2.87. The Balaban J connectivity index is 1.28. The molecule has 0 spiro atoms. The van der Waals surface area contributed by atoms with Crippen LogP contribution in [0.25, 0.3) is 0 Å². The number of anilines is 1. The molecule has 2 N–H and O–H groups in total. The summed E-state index contributed by atoms with van der Waals surface area (Å²) in [5, 5.41) is 17.5. The number of benzene rings is 2. The minimum atomic E-state index is -0.309. The maximum Gasteiger partial charge on any atom is 0.319 e. The highest BCUT2D eigenvalue weighted by molar-refractivity contribution is 5.89. The lowest BCUT2D eigenvalue weighted by Gasteiger charge is -2.14. The van der Waals surface area contributed by atoms with Crippen molar-refractivity contribution in [3.63, 3.8) is 0 Å². The van der Waals surface area contributed by atoms with Gasteiger partial charge < -0.3 is 15.4 Å². The fraction of sp³-hybridized carbons (Fsp3) is 0.300. The molecule has 0 aliphatic heterocycles. The summed E-state index contributed by atoms with van der Waals surface area (Å²) >= 11 is 0. The first kappa shape index (κ1) is 18.0. The Morgan fingerprint density at radius 2 is 1.93 bits per heavy atom. The molecule has 1 heterocycles. The van der Waals surface area contributed by atoms with E-state index in [0.29, 0.717) is 24.2 Å². The molecule has 1 atom stereocenters. The van der Waals surface area contributed by atoms with Crippen molar-refractivity contribution in [2.75, 3.05) is 5.32 Å². The summed E-state index contributed by atoms with van der Waals surface area (Å²) in [7, 11) is 0. The molecule has 1 fully saturated rings. The minimum Gasteiger partial charge on any atom is -0.489 e. The number of hydrogen-bond acceptors (Lipinski definition) is 5. The van der Waals surface area contributed by atoms with E-state index >= 15 is 0 Å². The van der Waals surface area contributed by atoms with Crippen LogP contribution in [-0.2, 0) is 6.61 Å². The van der Waals surface area contributed by atoms with Crippen LogP contribution in [0.3, 0.4) is 0 Å². The Morgan fingerprint density at radius 3 is 2.64 bits per heavy atom. The van der Waals surface area contributed by atoms with Crippen molar-refractivity contribution >= 4 is 11.7 Å². The number of amides is 2. The summed E-state index contributed by atoms with van der Waals surface area (Å²) in [4.78, 5) is 12.3. The lowest BCUT2D eigenvalue weighted by atomic mass is 10.2. The smallest absolute Gasteiger partial charge is 0.319 e. The third-order valence-corrected chi connectivity index (χ3v) is 4.51. The molecule has 8 nitrogen and oxygen atoms in total. The van der Waals surface area contributed by atoms with Gasteiger partial charge in [-0.05, 0) is 60.0 Å². The van der Waals surface area contributed by atoms with Crippen LogP contribution in [0.15, 0.2) is 54.6 Å². The molecule has 3 aromatic rings. The number of ether oxygens (including phenoxy) is 1. The van der Waals surface area contributed by atoms with Crippen molar-refractivity contribution < 1.29 is 9.53 Å². The van der Waals surface area contributed by atoms with Gasteiger partial charge in [-0.15, -0.1) is 5.10 Å². The zero-order chi connectivity index (χ0) is 19.3. The predicted octanol–water partition coefficient (Wildman–Crippen LogP) is 3.47. The van der Waals surface area contributed by atoms with Gasteiger partial charge >= 0.3 is 6.03 Å². The molecule has 144 valence electrons. The second-order valence-corrected chi connectivity index (χ2v) is 6.83. The molecule has 28 heavy (non-hydrogen) atoms. The topological polar surface area (TPSA) is 94.0 Å². The number of hydrogen-bond donors (Lipinski definition) is 2. The van der Waals surface area contributed by atoms with Crippen LogP contribution >= 0.6 is 0 Å². The van der Waals surface area contributed by atoms with E-state index in [0.717, 1.165) is 24.2 Å². The van der Waals surface area contributed by atoms with Crippen molar-refractivity contribution in [2.45, 2.75) is 38.5 Å². The Hall–Kier alpha value is -3.42. The molecule has 0 radical (unpaired) electrons. The fourth-order valence-corrected chi connectivity index (χ4v) is 2.87. The van der Waals surface area contributed by atoms with Crippen molar-refractivity contribution in [1.82, 2.24) is 25.5 Å². The van der Waals surface area contributed by atoms with Gasteiger partial charge in [-0.3, -0.25) is 0 Å². The number of nitrogens with zero attached hydrogens (tertiary/aromatic N) is 4. The van der Waals surface area contributed by atoms with Crippen LogP contribution in [0.1, 0.15) is 43.2 Å². The first-order valence-corrected chi connectivity index (χ1v) is 9.31. The van der Waals surface area contributed by atoms with E-state index in [1.807, 2.05) is 49.4 Å². The largest absolute Gasteiger partial charge is 0.489 e. The average Bonchev–Trinajstić information content (AvgIpc) is 3.44. The number of carbonyl (C=O) groups excluding carboxylic acids is 1. The molecule has 1 aromatic heterocycles. The van der Waals surface area contributed by atoms with Gasteiger partial charge in [0.2, 0.25) is 0 Å². The summed E-state index contributed by atoms with van der Waals surface area (Å²) in [6.45, 7) is 2.37. The molecule has 0 bridgehead atoms. The number of nitrogens with one attached hydrogen (secondary N) is 2. The standard InChI is InChI=1S/C20H22N6O2/c1-14(19-23-24-25-26(19)17-9-10-17)21-20(27)22-16-7-11-18(12-8-16)28-13-15-5-3-2-4-6-15/h2-8,11-12,14,17H,9-10,13H2,1H3,(H2,21,22,27)/t14-/m0/s1. The van der Waals surface area contributed by atoms with Gasteiger partial charge in [0.1, 0.15) is 12.4 Å². The monoisotopic (exact) mass is 378 g/mol. The molecule has 1 saturated carbocycles. The third kappa shape index (κ3) is 4.46. The summed E-state index contributed by atoms with van der Waals surface area (Å²) < 4.78 is 7.55. The van der Waals surface area contributed by atoms with Crippen molar-refractivity contribution in [1.29, 1.82) is 0 Å². The van der Waals surface area contributed by atoms with E-state index < -0.39 is 0 Å². The molecular formula is C20H22N6O2. The zero-order valence-corrected chi connectivity index (χ0v) is 15.6. The normalized spacial score (nSPS) is 14.3. The van der Waals surface area contributed by atoms with Crippen LogP contribution in [0.5, 0.6) is 5.75 Å². The molecule has 8 heteroatoms. The lowest BCUT2D eigenvalue weighted by Crippen LogP contribution is -2.32. The highest BCUT2D eigenvalue weighted by Gasteiger charge is 2.29. The molecule has 2 amide bonds. The second kappa shape index (κ2) is 8.08. The summed E-state index contributed by atoms with van der Waals surface area (Å²) in [6, 6.07) is 17.0. The summed E-state index contributed by atoms with van der Waals surface area (Å²) in [5.41, 5.74) is 1.78. The van der Waals surface area contributed by atoms with E-state index in [4.69, 9.17) is 4.74 Å². The Bertz CT molecular complexity index is 921. The SMILES string of the molecule is C[C@H](NC(=O)Nc1ccc(OCc2ccccc2)cc1)c1nnnn1C1CC1. The first-order chi connectivity index (χ1) is 13.7. The van der Waals surface area contributed by atoms with Gasteiger partial charge in [0.25, 0.3) is 0 Å². The van der Waals surface area contributed by atoms with E-state index in [1.54, 1.807) is 16.8 Å². The van der Waals surface area contributed by atoms with Crippen LogP contribution in [0.4, 0.5) is 10.5 Å². The minimum absolute atomic E-state index is 0.288. The van der Waals surface area contributed by atoms with Gasteiger partial charge in [0.05, 0.1) is 12.1 Å². The van der Waals surface area contributed by atoms with E-state index in [2.05, 4.69) is 26.2 Å². The Kier molecular flexibility index (Phi) is 5.18. The van der Waals surface area contributed by atoms with Crippen molar-refractivity contribution in [3.05, 3.63) is 66.0 Å². The van der Waals surface area contributed by atoms with E-state index in [9.17, 15) is 4.79 Å². The van der Waals surface area contributed by atoms with Crippen LogP contribution < -0.4 is 15.4 Å². The maximum atomic E-state index is 12.3. The predicted molar refractivity (Wildman–Crippen MR) is 104 cm³/mol. The van der Waals surface area contributed by atoms with Gasteiger partial charge in [-0.2, -0.15) is 0 Å². The van der Waals surface area contributed by atoms with E-state index in [-0.39, 0.29) is 12.1 Å². The molecule has 1 aliphatic carbocycles. The first-order valence-electron chi connectivity index (χ1n) is 9.31. The van der Waals surface area contributed by atoms with Gasteiger partial charge in [0, 0.05) is 5.69 Å². The highest BCUT2D eigenvalue weighted by atomic mass is 16.5. The summed E-state index contributed by atoms with van der Waals surface area (Å²) in [6.07, 6.45) is 2.16. The molecule has 4 rings (SSSR count). The van der Waals surface area contributed by atoms with Crippen LogP contribution in [0.2, 0.25) is 0 Å².